The molecule has 0 aliphatic heterocycles. The molecule has 0 aromatic heterocycles. The van der Waals surface area contributed by atoms with Crippen molar-refractivity contribution in [3.63, 3.8) is 0 Å². The lowest BCUT2D eigenvalue weighted by atomic mass is 10.2. The van der Waals surface area contributed by atoms with Crippen LogP contribution in [-0.2, 0) is 9.53 Å². The van der Waals surface area contributed by atoms with Gasteiger partial charge in [-0.3, -0.25) is 4.79 Å². The fourth-order valence-electron chi connectivity index (χ4n) is 1.83. The number of anilines is 2. The van der Waals surface area contributed by atoms with Gasteiger partial charge < -0.3 is 15.4 Å². The number of carbonyl (C=O) groups is 2. The number of ether oxygens (including phenoxy) is 1. The number of amides is 1. The summed E-state index contributed by atoms with van der Waals surface area (Å²) in [5.74, 6) is -1.27. The Kier molecular flexibility index (Phi) is 5.08. The fraction of sp³-hybridized carbons (Fsp3) is 0.125. The highest BCUT2D eigenvalue weighted by Crippen LogP contribution is 2.13. The lowest BCUT2D eigenvalue weighted by Crippen LogP contribution is -2.22. The molecule has 0 spiro atoms. The van der Waals surface area contributed by atoms with E-state index in [2.05, 4.69) is 15.4 Å². The highest BCUT2D eigenvalue weighted by atomic mass is 19.1. The van der Waals surface area contributed by atoms with E-state index in [0.717, 1.165) is 0 Å². The molecule has 114 valence electrons. The van der Waals surface area contributed by atoms with E-state index in [-0.39, 0.29) is 18.1 Å². The molecule has 0 saturated carbocycles. The zero-order valence-corrected chi connectivity index (χ0v) is 11.9. The monoisotopic (exact) mass is 302 g/mol. The number of benzene rings is 2. The molecule has 22 heavy (non-hydrogen) atoms. The minimum absolute atomic E-state index is 0.0939. The van der Waals surface area contributed by atoms with Gasteiger partial charge in [-0.25, -0.2) is 9.18 Å². The average Bonchev–Trinajstić information content (AvgIpc) is 2.53. The second-order valence-electron chi connectivity index (χ2n) is 4.45. The van der Waals surface area contributed by atoms with Gasteiger partial charge in [0.15, 0.2) is 0 Å². The van der Waals surface area contributed by atoms with Gasteiger partial charge in [-0.2, -0.15) is 0 Å². The van der Waals surface area contributed by atoms with E-state index < -0.39 is 11.8 Å². The van der Waals surface area contributed by atoms with Gasteiger partial charge in [0, 0.05) is 5.69 Å². The van der Waals surface area contributed by atoms with E-state index in [4.69, 9.17) is 0 Å². The fourth-order valence-corrected chi connectivity index (χ4v) is 1.83. The number of hydrogen-bond donors (Lipinski definition) is 2. The van der Waals surface area contributed by atoms with Crippen LogP contribution in [0.4, 0.5) is 15.8 Å². The molecule has 1 amide bonds. The van der Waals surface area contributed by atoms with Crippen LogP contribution in [0.3, 0.4) is 0 Å². The zero-order valence-electron chi connectivity index (χ0n) is 11.9. The van der Waals surface area contributed by atoms with Crippen LogP contribution in [0.2, 0.25) is 0 Å². The molecule has 2 N–H and O–H groups in total. The first-order chi connectivity index (χ1) is 10.6. The van der Waals surface area contributed by atoms with Crippen LogP contribution in [0.1, 0.15) is 10.4 Å². The number of hydrogen-bond acceptors (Lipinski definition) is 4. The summed E-state index contributed by atoms with van der Waals surface area (Å²) in [4.78, 5) is 23.2. The lowest BCUT2D eigenvalue weighted by molar-refractivity contribution is -0.114. The van der Waals surface area contributed by atoms with Crippen LogP contribution in [0, 0.1) is 5.82 Å². The van der Waals surface area contributed by atoms with Crippen molar-refractivity contribution in [1.82, 2.24) is 0 Å². The van der Waals surface area contributed by atoms with Gasteiger partial charge in [0.2, 0.25) is 5.91 Å². The molecule has 0 radical (unpaired) electrons. The Morgan fingerprint density at radius 2 is 1.91 bits per heavy atom. The minimum Gasteiger partial charge on any atom is -0.465 e. The average molecular weight is 302 g/mol. The summed E-state index contributed by atoms with van der Waals surface area (Å²) in [6, 6.07) is 12.5. The third kappa shape index (κ3) is 4.05. The molecule has 0 bridgehead atoms. The molecule has 2 aromatic rings. The second-order valence-corrected chi connectivity index (χ2v) is 4.45. The van der Waals surface area contributed by atoms with Crippen LogP contribution in [-0.4, -0.2) is 25.5 Å². The molecular formula is C16H15FN2O3. The highest BCUT2D eigenvalue weighted by Gasteiger charge is 2.08. The summed E-state index contributed by atoms with van der Waals surface area (Å²) >= 11 is 0. The summed E-state index contributed by atoms with van der Waals surface area (Å²) in [5.41, 5.74) is 1.05. The topological polar surface area (TPSA) is 67.4 Å². The number of carbonyl (C=O) groups excluding carboxylic acids is 2. The van der Waals surface area contributed by atoms with Crippen LogP contribution < -0.4 is 10.6 Å². The van der Waals surface area contributed by atoms with E-state index in [9.17, 15) is 14.0 Å². The van der Waals surface area contributed by atoms with Gasteiger partial charge >= 0.3 is 5.97 Å². The highest BCUT2D eigenvalue weighted by molar-refractivity contribution is 5.96. The van der Waals surface area contributed by atoms with Crippen molar-refractivity contribution in [2.45, 2.75) is 0 Å². The van der Waals surface area contributed by atoms with Gasteiger partial charge in [0.05, 0.1) is 24.9 Å². The zero-order chi connectivity index (χ0) is 15.9. The Labute approximate surface area is 127 Å². The largest absolute Gasteiger partial charge is 0.465 e. The van der Waals surface area contributed by atoms with Crippen LogP contribution in [0.15, 0.2) is 48.5 Å². The second kappa shape index (κ2) is 7.21. The van der Waals surface area contributed by atoms with Gasteiger partial charge in [0.1, 0.15) is 5.82 Å². The predicted octanol–water partition coefficient (Wildman–Crippen LogP) is 2.66. The Bertz CT molecular complexity index is 689. The summed E-state index contributed by atoms with van der Waals surface area (Å²) in [7, 11) is 1.28. The van der Waals surface area contributed by atoms with Crippen molar-refractivity contribution in [3.05, 3.63) is 59.9 Å². The first kappa shape index (κ1) is 15.5. The van der Waals surface area contributed by atoms with Crippen molar-refractivity contribution in [2.24, 2.45) is 0 Å². The van der Waals surface area contributed by atoms with Crippen LogP contribution >= 0.6 is 0 Å². The molecule has 0 atom stereocenters. The molecule has 0 unspecified atom stereocenters. The molecule has 6 heteroatoms. The number of halogens is 1. The Morgan fingerprint density at radius 3 is 2.64 bits per heavy atom. The Balaban J connectivity index is 1.95. The summed E-state index contributed by atoms with van der Waals surface area (Å²) < 4.78 is 18.0. The van der Waals surface area contributed by atoms with E-state index >= 15 is 0 Å². The van der Waals surface area contributed by atoms with Gasteiger partial charge in [0.25, 0.3) is 0 Å². The Hall–Kier alpha value is -2.89. The van der Waals surface area contributed by atoms with E-state index in [1.54, 1.807) is 36.4 Å². The number of rotatable bonds is 5. The summed E-state index contributed by atoms with van der Waals surface area (Å²) in [6.45, 7) is -0.0939. The number of para-hydroxylation sites is 1. The van der Waals surface area contributed by atoms with Crippen molar-refractivity contribution in [1.29, 1.82) is 0 Å². The van der Waals surface area contributed by atoms with Gasteiger partial charge in [-0.1, -0.05) is 18.2 Å². The maximum Gasteiger partial charge on any atom is 0.337 e. The van der Waals surface area contributed by atoms with E-state index in [1.807, 2.05) is 0 Å². The van der Waals surface area contributed by atoms with Crippen LogP contribution in [0.25, 0.3) is 0 Å². The van der Waals surface area contributed by atoms with Crippen LogP contribution in [0.5, 0.6) is 0 Å². The van der Waals surface area contributed by atoms with Gasteiger partial charge in [-0.15, -0.1) is 0 Å². The SMILES string of the molecule is COC(=O)c1cccc(NC(=O)CNc2ccccc2F)c1. The molecule has 0 aliphatic rings. The normalized spacial score (nSPS) is 9.91. The maximum absolute atomic E-state index is 13.4. The lowest BCUT2D eigenvalue weighted by Gasteiger charge is -2.09. The van der Waals surface area contributed by atoms with Crippen molar-refractivity contribution < 1.29 is 18.7 Å². The number of methoxy groups -OCH3 is 1. The maximum atomic E-state index is 13.4. The summed E-state index contributed by atoms with van der Waals surface area (Å²) in [5, 5.41) is 5.32. The quantitative estimate of drug-likeness (QED) is 0.833. The standard InChI is InChI=1S/C16H15FN2O3/c1-22-16(21)11-5-4-6-12(9-11)19-15(20)10-18-14-8-3-2-7-13(14)17/h2-9,18H,10H2,1H3,(H,19,20). The van der Waals surface area contributed by atoms with E-state index in [1.165, 1.54) is 19.2 Å². The molecular weight excluding hydrogens is 287 g/mol. The van der Waals surface area contributed by atoms with Crippen molar-refractivity contribution >= 4 is 23.3 Å². The first-order valence-corrected chi connectivity index (χ1v) is 6.57. The Morgan fingerprint density at radius 1 is 1.14 bits per heavy atom. The summed E-state index contributed by atoms with van der Waals surface area (Å²) in [6.07, 6.45) is 0. The van der Waals surface area contributed by atoms with Crippen molar-refractivity contribution in [2.75, 3.05) is 24.3 Å². The number of esters is 1. The smallest absolute Gasteiger partial charge is 0.337 e. The molecule has 5 nitrogen and oxygen atoms in total. The molecule has 2 rings (SSSR count). The molecule has 0 heterocycles. The third-order valence-electron chi connectivity index (χ3n) is 2.88. The molecule has 0 fully saturated rings. The molecule has 0 saturated heterocycles. The molecule has 0 aliphatic carbocycles. The number of nitrogens with one attached hydrogen (secondary N) is 2. The first-order valence-electron chi connectivity index (χ1n) is 6.57. The third-order valence-corrected chi connectivity index (χ3v) is 2.88. The molecule has 2 aromatic carbocycles. The van der Waals surface area contributed by atoms with E-state index in [0.29, 0.717) is 11.3 Å². The van der Waals surface area contributed by atoms with Gasteiger partial charge in [-0.05, 0) is 30.3 Å². The minimum atomic E-state index is -0.486. The predicted molar refractivity (Wildman–Crippen MR) is 81.3 cm³/mol. The van der Waals surface area contributed by atoms with Crippen molar-refractivity contribution in [3.8, 4) is 0 Å².